The van der Waals surface area contributed by atoms with E-state index in [9.17, 15) is 4.79 Å². The highest BCUT2D eigenvalue weighted by Crippen LogP contribution is 2.28. The Morgan fingerprint density at radius 1 is 1.40 bits per heavy atom. The lowest BCUT2D eigenvalue weighted by atomic mass is 10.0. The Morgan fingerprint density at radius 2 is 2.25 bits per heavy atom. The Kier molecular flexibility index (Phi) is 3.56. The number of nitrogens with one attached hydrogen (secondary N) is 2. The monoisotopic (exact) mass is 338 g/mol. The summed E-state index contributed by atoms with van der Waals surface area (Å²) in [5, 5.41) is 18.4. The van der Waals surface area contributed by atoms with Crippen molar-refractivity contribution in [3.63, 3.8) is 0 Å². The van der Waals surface area contributed by atoms with Gasteiger partial charge in [-0.1, -0.05) is 6.42 Å². The van der Waals surface area contributed by atoms with E-state index in [1.807, 2.05) is 12.1 Å². The third kappa shape index (κ3) is 2.35. The minimum atomic E-state index is 0.00171. The molecule has 106 valence electrons. The minimum absolute atomic E-state index is 0.00171. The van der Waals surface area contributed by atoms with Gasteiger partial charge in [0.05, 0.1) is 5.92 Å². The molecule has 2 aromatic heterocycles. The van der Waals surface area contributed by atoms with Gasteiger partial charge < -0.3 is 10.6 Å². The van der Waals surface area contributed by atoms with E-state index in [4.69, 9.17) is 0 Å². The second-order valence-corrected chi connectivity index (χ2v) is 5.57. The Hall–Kier alpha value is -1.70. The number of fused-ring (bicyclic) bond motifs is 1. The SMILES string of the molecule is CNC(=O)C1CCCC1Nc1ccc2nnc(Br)n2n1. The molecule has 0 bridgehead atoms. The van der Waals surface area contributed by atoms with E-state index in [1.54, 1.807) is 11.6 Å². The molecule has 1 aliphatic carbocycles. The van der Waals surface area contributed by atoms with Crippen LogP contribution in [0.25, 0.3) is 5.65 Å². The minimum Gasteiger partial charge on any atom is -0.365 e. The molecule has 2 heterocycles. The van der Waals surface area contributed by atoms with Crippen LogP contribution < -0.4 is 10.6 Å². The largest absolute Gasteiger partial charge is 0.365 e. The molecule has 2 unspecified atom stereocenters. The van der Waals surface area contributed by atoms with Crippen LogP contribution in [0.15, 0.2) is 16.9 Å². The van der Waals surface area contributed by atoms with Gasteiger partial charge in [-0.2, -0.15) is 4.52 Å². The molecule has 0 saturated heterocycles. The number of carbonyl (C=O) groups is 1. The number of rotatable bonds is 3. The maximum atomic E-state index is 11.8. The van der Waals surface area contributed by atoms with Gasteiger partial charge in [0.25, 0.3) is 0 Å². The lowest BCUT2D eigenvalue weighted by molar-refractivity contribution is -0.124. The van der Waals surface area contributed by atoms with E-state index < -0.39 is 0 Å². The molecule has 2 aromatic rings. The van der Waals surface area contributed by atoms with Crippen LogP contribution in [0.1, 0.15) is 19.3 Å². The number of carbonyl (C=O) groups excluding carboxylic acids is 1. The second-order valence-electron chi connectivity index (χ2n) is 4.86. The summed E-state index contributed by atoms with van der Waals surface area (Å²) in [5.74, 6) is 0.812. The second kappa shape index (κ2) is 5.35. The Labute approximate surface area is 124 Å². The molecule has 1 fully saturated rings. The van der Waals surface area contributed by atoms with Crippen LogP contribution in [-0.2, 0) is 4.79 Å². The number of aromatic nitrogens is 4. The summed E-state index contributed by atoms with van der Waals surface area (Å²) >= 11 is 3.29. The molecule has 20 heavy (non-hydrogen) atoms. The normalized spacial score (nSPS) is 22.1. The molecule has 0 aliphatic heterocycles. The first-order valence-corrected chi connectivity index (χ1v) is 7.34. The van der Waals surface area contributed by atoms with Gasteiger partial charge >= 0.3 is 0 Å². The first-order chi connectivity index (χ1) is 9.69. The predicted octanol–water partition coefficient (Wildman–Crippen LogP) is 1.21. The van der Waals surface area contributed by atoms with Crippen LogP contribution in [0, 0.1) is 5.92 Å². The van der Waals surface area contributed by atoms with Crippen LogP contribution in [0.3, 0.4) is 0 Å². The van der Waals surface area contributed by atoms with Gasteiger partial charge in [0.2, 0.25) is 10.6 Å². The number of anilines is 1. The van der Waals surface area contributed by atoms with Gasteiger partial charge in [0.15, 0.2) is 5.65 Å². The summed E-state index contributed by atoms with van der Waals surface area (Å²) in [4.78, 5) is 11.8. The van der Waals surface area contributed by atoms with Gasteiger partial charge in [-0.3, -0.25) is 4.79 Å². The summed E-state index contributed by atoms with van der Waals surface area (Å²) < 4.78 is 2.18. The van der Waals surface area contributed by atoms with Crippen LogP contribution in [0.2, 0.25) is 0 Å². The maximum Gasteiger partial charge on any atom is 0.224 e. The van der Waals surface area contributed by atoms with Crippen molar-refractivity contribution in [2.75, 3.05) is 12.4 Å². The summed E-state index contributed by atoms with van der Waals surface area (Å²) in [5.41, 5.74) is 0.677. The van der Waals surface area contributed by atoms with Gasteiger partial charge in [0.1, 0.15) is 5.82 Å². The fourth-order valence-electron chi connectivity index (χ4n) is 2.66. The van der Waals surface area contributed by atoms with Crippen molar-refractivity contribution in [1.82, 2.24) is 25.1 Å². The Bertz CT molecular complexity index is 642. The van der Waals surface area contributed by atoms with Crippen molar-refractivity contribution in [3.05, 3.63) is 16.9 Å². The topological polar surface area (TPSA) is 84.2 Å². The standard InChI is InChI=1S/C12H15BrN6O/c1-14-11(20)7-3-2-4-8(7)15-9-5-6-10-16-17-12(13)19(10)18-9/h5-8H,2-4H2,1H3,(H,14,20)(H,15,18). The van der Waals surface area contributed by atoms with Crippen LogP contribution in [-0.4, -0.2) is 38.8 Å². The molecule has 1 amide bonds. The number of nitrogens with zero attached hydrogens (tertiary/aromatic N) is 4. The predicted molar refractivity (Wildman–Crippen MR) is 77.3 cm³/mol. The van der Waals surface area contributed by atoms with E-state index in [1.165, 1.54) is 0 Å². The lowest BCUT2D eigenvalue weighted by Crippen LogP contribution is -2.36. The average Bonchev–Trinajstić information content (AvgIpc) is 3.06. The number of hydrogen-bond acceptors (Lipinski definition) is 5. The van der Waals surface area contributed by atoms with E-state index in [0.29, 0.717) is 10.4 Å². The van der Waals surface area contributed by atoms with Gasteiger partial charge in [-0.25, -0.2) is 0 Å². The molecule has 2 N–H and O–H groups in total. The van der Waals surface area contributed by atoms with Crippen molar-refractivity contribution >= 4 is 33.3 Å². The molecule has 0 aromatic carbocycles. The first kappa shape index (κ1) is 13.3. The molecular weight excluding hydrogens is 324 g/mol. The van der Waals surface area contributed by atoms with Crippen molar-refractivity contribution in [3.8, 4) is 0 Å². The molecule has 2 atom stereocenters. The van der Waals surface area contributed by atoms with E-state index in [0.717, 1.165) is 25.1 Å². The van der Waals surface area contributed by atoms with Crippen molar-refractivity contribution in [2.24, 2.45) is 5.92 Å². The number of amides is 1. The molecule has 8 heteroatoms. The fourth-order valence-corrected chi connectivity index (χ4v) is 3.00. The van der Waals surface area contributed by atoms with Crippen LogP contribution >= 0.6 is 15.9 Å². The number of hydrogen-bond donors (Lipinski definition) is 2. The smallest absolute Gasteiger partial charge is 0.224 e. The number of halogens is 1. The Balaban J connectivity index is 1.81. The lowest BCUT2D eigenvalue weighted by Gasteiger charge is -2.20. The van der Waals surface area contributed by atoms with E-state index in [2.05, 4.69) is 41.9 Å². The molecule has 1 saturated carbocycles. The highest BCUT2D eigenvalue weighted by Gasteiger charge is 2.32. The molecule has 0 radical (unpaired) electrons. The third-order valence-corrected chi connectivity index (χ3v) is 4.15. The van der Waals surface area contributed by atoms with Crippen LogP contribution in [0.4, 0.5) is 5.82 Å². The molecule has 0 spiro atoms. The molecular formula is C12H15BrN6O. The quantitative estimate of drug-likeness (QED) is 0.878. The van der Waals surface area contributed by atoms with Crippen molar-refractivity contribution in [1.29, 1.82) is 0 Å². The fraction of sp³-hybridized carbons (Fsp3) is 0.500. The van der Waals surface area contributed by atoms with E-state index >= 15 is 0 Å². The zero-order valence-corrected chi connectivity index (χ0v) is 12.6. The first-order valence-electron chi connectivity index (χ1n) is 6.55. The van der Waals surface area contributed by atoms with E-state index in [-0.39, 0.29) is 17.9 Å². The van der Waals surface area contributed by atoms with Gasteiger partial charge in [-0.15, -0.1) is 15.3 Å². The third-order valence-electron chi connectivity index (χ3n) is 3.66. The van der Waals surface area contributed by atoms with Gasteiger partial charge in [-0.05, 0) is 40.9 Å². The summed E-state index contributed by atoms with van der Waals surface area (Å²) in [6.45, 7) is 0. The molecule has 7 nitrogen and oxygen atoms in total. The average molecular weight is 339 g/mol. The van der Waals surface area contributed by atoms with Crippen molar-refractivity contribution < 1.29 is 4.79 Å². The molecule has 1 aliphatic rings. The summed E-state index contributed by atoms with van der Waals surface area (Å²) in [6, 6.07) is 3.82. The summed E-state index contributed by atoms with van der Waals surface area (Å²) in [7, 11) is 1.68. The highest BCUT2D eigenvalue weighted by atomic mass is 79.9. The summed E-state index contributed by atoms with van der Waals surface area (Å²) in [6.07, 6.45) is 2.94. The molecule has 3 rings (SSSR count). The maximum absolute atomic E-state index is 11.8. The zero-order chi connectivity index (χ0) is 14.1. The van der Waals surface area contributed by atoms with Crippen molar-refractivity contribution in [2.45, 2.75) is 25.3 Å². The highest BCUT2D eigenvalue weighted by molar-refractivity contribution is 9.10. The van der Waals surface area contributed by atoms with Crippen LogP contribution in [0.5, 0.6) is 0 Å². The Morgan fingerprint density at radius 3 is 3.05 bits per heavy atom. The van der Waals surface area contributed by atoms with Gasteiger partial charge in [0, 0.05) is 13.1 Å². The zero-order valence-electron chi connectivity index (χ0n) is 11.0.